The summed E-state index contributed by atoms with van der Waals surface area (Å²) in [4.78, 5) is 12.0. The van der Waals surface area contributed by atoms with Crippen LogP contribution in [0.5, 0.6) is 0 Å². The molecule has 0 spiro atoms. The number of para-hydroxylation sites is 2. The lowest BCUT2D eigenvalue weighted by molar-refractivity contribution is -0.141. The van der Waals surface area contributed by atoms with Crippen LogP contribution in [0.3, 0.4) is 0 Å². The topological polar surface area (TPSA) is 50.4 Å². The molecule has 2 aromatic rings. The molecule has 0 fully saturated rings. The SMILES string of the molecule is COC(=O)C1CC(c2ccccc2)Nc2ccccc2N1. The van der Waals surface area contributed by atoms with Crippen molar-refractivity contribution in [3.8, 4) is 0 Å². The molecule has 2 N–H and O–H groups in total. The van der Waals surface area contributed by atoms with E-state index in [-0.39, 0.29) is 18.1 Å². The molecular weight excluding hydrogens is 264 g/mol. The summed E-state index contributed by atoms with van der Waals surface area (Å²) in [5, 5.41) is 6.79. The molecule has 0 saturated carbocycles. The summed E-state index contributed by atoms with van der Waals surface area (Å²) in [5.74, 6) is -0.241. The minimum atomic E-state index is -0.364. The maximum absolute atomic E-state index is 12.0. The molecule has 0 amide bonds. The van der Waals surface area contributed by atoms with Gasteiger partial charge >= 0.3 is 5.97 Å². The maximum Gasteiger partial charge on any atom is 0.328 e. The Morgan fingerprint density at radius 2 is 1.62 bits per heavy atom. The fraction of sp³-hybridized carbons (Fsp3) is 0.235. The highest BCUT2D eigenvalue weighted by molar-refractivity contribution is 5.83. The Morgan fingerprint density at radius 1 is 1.00 bits per heavy atom. The number of hydrogen-bond donors (Lipinski definition) is 2. The second kappa shape index (κ2) is 5.87. The van der Waals surface area contributed by atoms with Crippen molar-refractivity contribution in [2.75, 3.05) is 17.7 Å². The third-order valence-electron chi connectivity index (χ3n) is 3.75. The number of anilines is 2. The van der Waals surface area contributed by atoms with Crippen molar-refractivity contribution < 1.29 is 9.53 Å². The third-order valence-corrected chi connectivity index (χ3v) is 3.75. The minimum Gasteiger partial charge on any atom is -0.467 e. The minimum absolute atomic E-state index is 0.0615. The van der Waals surface area contributed by atoms with Crippen molar-refractivity contribution in [1.82, 2.24) is 0 Å². The average Bonchev–Trinajstić information content (AvgIpc) is 2.74. The van der Waals surface area contributed by atoms with Crippen molar-refractivity contribution in [2.45, 2.75) is 18.5 Å². The molecule has 1 aliphatic rings. The lowest BCUT2D eigenvalue weighted by Crippen LogP contribution is -2.31. The number of carbonyl (C=O) groups excluding carboxylic acids is 1. The lowest BCUT2D eigenvalue weighted by atomic mass is 10.00. The number of rotatable bonds is 2. The number of methoxy groups -OCH3 is 1. The fourth-order valence-corrected chi connectivity index (χ4v) is 2.67. The molecule has 2 atom stereocenters. The summed E-state index contributed by atoms with van der Waals surface area (Å²) in [7, 11) is 1.42. The molecule has 4 heteroatoms. The van der Waals surface area contributed by atoms with Gasteiger partial charge in [-0.25, -0.2) is 4.79 Å². The third kappa shape index (κ3) is 2.84. The van der Waals surface area contributed by atoms with Crippen molar-refractivity contribution in [3.05, 3.63) is 60.2 Å². The first-order valence-electron chi connectivity index (χ1n) is 7.03. The molecule has 2 unspecified atom stereocenters. The Balaban J connectivity index is 1.97. The predicted octanol–water partition coefficient (Wildman–Crippen LogP) is 3.20. The smallest absolute Gasteiger partial charge is 0.328 e. The molecule has 0 aromatic heterocycles. The van der Waals surface area contributed by atoms with Gasteiger partial charge in [-0.05, 0) is 17.7 Å². The zero-order valence-corrected chi connectivity index (χ0v) is 11.9. The molecule has 4 nitrogen and oxygen atoms in total. The van der Waals surface area contributed by atoms with E-state index in [2.05, 4.69) is 22.8 Å². The molecule has 0 saturated heterocycles. The van der Waals surface area contributed by atoms with Crippen LogP contribution in [0.1, 0.15) is 18.0 Å². The number of ether oxygens (including phenoxy) is 1. The van der Waals surface area contributed by atoms with Gasteiger partial charge in [0, 0.05) is 6.42 Å². The highest BCUT2D eigenvalue weighted by Gasteiger charge is 2.28. The number of esters is 1. The lowest BCUT2D eigenvalue weighted by Gasteiger charge is -2.20. The molecular formula is C17H18N2O2. The monoisotopic (exact) mass is 282 g/mol. The van der Waals surface area contributed by atoms with Crippen LogP contribution in [-0.2, 0) is 9.53 Å². The van der Waals surface area contributed by atoms with Crippen LogP contribution >= 0.6 is 0 Å². The summed E-state index contributed by atoms with van der Waals surface area (Å²) in [6, 6.07) is 17.7. The van der Waals surface area contributed by atoms with E-state index in [1.807, 2.05) is 42.5 Å². The Labute approximate surface area is 124 Å². The fourth-order valence-electron chi connectivity index (χ4n) is 2.67. The van der Waals surface area contributed by atoms with E-state index in [4.69, 9.17) is 4.74 Å². The molecule has 3 rings (SSSR count). The Hall–Kier alpha value is -2.49. The molecule has 108 valence electrons. The van der Waals surface area contributed by atoms with Crippen molar-refractivity contribution in [3.63, 3.8) is 0 Å². The Morgan fingerprint density at radius 3 is 2.29 bits per heavy atom. The van der Waals surface area contributed by atoms with Crippen LogP contribution in [0.25, 0.3) is 0 Å². The number of carbonyl (C=O) groups is 1. The summed E-state index contributed by atoms with van der Waals surface area (Å²) in [6.45, 7) is 0. The van der Waals surface area contributed by atoms with E-state index in [1.165, 1.54) is 7.11 Å². The molecule has 2 aromatic carbocycles. The van der Waals surface area contributed by atoms with Gasteiger partial charge in [0.1, 0.15) is 6.04 Å². The van der Waals surface area contributed by atoms with E-state index >= 15 is 0 Å². The van der Waals surface area contributed by atoms with Crippen molar-refractivity contribution >= 4 is 17.3 Å². The summed E-state index contributed by atoms with van der Waals surface area (Å²) in [6.07, 6.45) is 0.630. The van der Waals surface area contributed by atoms with Gasteiger partial charge in [0.2, 0.25) is 0 Å². The average molecular weight is 282 g/mol. The van der Waals surface area contributed by atoms with Crippen LogP contribution in [0.15, 0.2) is 54.6 Å². The highest BCUT2D eigenvalue weighted by Crippen LogP contribution is 2.33. The number of benzene rings is 2. The first-order valence-corrected chi connectivity index (χ1v) is 7.03. The van der Waals surface area contributed by atoms with Crippen LogP contribution in [0, 0.1) is 0 Å². The van der Waals surface area contributed by atoms with Gasteiger partial charge in [-0.15, -0.1) is 0 Å². The predicted molar refractivity (Wildman–Crippen MR) is 83.3 cm³/mol. The van der Waals surface area contributed by atoms with Crippen LogP contribution in [0.2, 0.25) is 0 Å². The van der Waals surface area contributed by atoms with Gasteiger partial charge in [-0.2, -0.15) is 0 Å². The number of hydrogen-bond acceptors (Lipinski definition) is 4. The summed E-state index contributed by atoms with van der Waals surface area (Å²) < 4.78 is 4.92. The van der Waals surface area contributed by atoms with Gasteiger partial charge in [-0.1, -0.05) is 42.5 Å². The second-order valence-corrected chi connectivity index (χ2v) is 5.11. The van der Waals surface area contributed by atoms with Crippen LogP contribution in [-0.4, -0.2) is 19.1 Å². The molecule has 21 heavy (non-hydrogen) atoms. The van der Waals surface area contributed by atoms with Crippen LogP contribution < -0.4 is 10.6 Å². The second-order valence-electron chi connectivity index (χ2n) is 5.11. The molecule has 0 radical (unpaired) electrons. The number of nitrogens with one attached hydrogen (secondary N) is 2. The normalized spacial score (nSPS) is 20.4. The molecule has 1 aliphatic heterocycles. The Kier molecular flexibility index (Phi) is 3.77. The highest BCUT2D eigenvalue weighted by atomic mass is 16.5. The van der Waals surface area contributed by atoms with Crippen molar-refractivity contribution in [2.24, 2.45) is 0 Å². The zero-order valence-electron chi connectivity index (χ0n) is 11.9. The first-order chi connectivity index (χ1) is 10.3. The molecule has 0 aliphatic carbocycles. The first kappa shape index (κ1) is 13.5. The molecule has 0 bridgehead atoms. The van der Waals surface area contributed by atoms with Crippen LogP contribution in [0.4, 0.5) is 11.4 Å². The largest absolute Gasteiger partial charge is 0.467 e. The van der Waals surface area contributed by atoms with E-state index in [0.717, 1.165) is 16.9 Å². The van der Waals surface area contributed by atoms with Gasteiger partial charge in [0.15, 0.2) is 0 Å². The quantitative estimate of drug-likeness (QED) is 0.831. The van der Waals surface area contributed by atoms with E-state index < -0.39 is 0 Å². The summed E-state index contributed by atoms with van der Waals surface area (Å²) >= 11 is 0. The van der Waals surface area contributed by atoms with Gasteiger partial charge in [0.05, 0.1) is 24.5 Å². The number of fused-ring (bicyclic) bond motifs is 1. The van der Waals surface area contributed by atoms with Gasteiger partial charge in [-0.3, -0.25) is 0 Å². The van der Waals surface area contributed by atoms with E-state index in [9.17, 15) is 4.79 Å². The maximum atomic E-state index is 12.0. The van der Waals surface area contributed by atoms with Gasteiger partial charge in [0.25, 0.3) is 0 Å². The van der Waals surface area contributed by atoms with Crippen molar-refractivity contribution in [1.29, 1.82) is 0 Å². The standard InChI is InChI=1S/C17H18N2O2/c1-21-17(20)16-11-15(12-7-3-2-4-8-12)18-13-9-5-6-10-14(13)19-16/h2-10,15-16,18-19H,11H2,1H3. The summed E-state index contributed by atoms with van der Waals surface area (Å²) in [5.41, 5.74) is 3.08. The Bertz CT molecular complexity index is 628. The zero-order chi connectivity index (χ0) is 14.7. The van der Waals surface area contributed by atoms with E-state index in [0.29, 0.717) is 6.42 Å². The van der Waals surface area contributed by atoms with E-state index in [1.54, 1.807) is 0 Å². The molecule has 1 heterocycles. The van der Waals surface area contributed by atoms with Gasteiger partial charge < -0.3 is 15.4 Å².